The fraction of sp³-hybridized carbons (Fsp3) is 0.400. The lowest BCUT2D eigenvalue weighted by atomic mass is 10.0. The van der Waals surface area contributed by atoms with Crippen molar-refractivity contribution < 1.29 is 27.5 Å². The molecular weight excluding hydrogens is 544 g/mol. The van der Waals surface area contributed by atoms with E-state index < -0.39 is 27.9 Å². The van der Waals surface area contributed by atoms with Gasteiger partial charge in [0.05, 0.1) is 17.1 Å². The molecule has 39 heavy (non-hydrogen) atoms. The number of sulfonamides is 1. The second-order valence-electron chi connectivity index (χ2n) is 8.62. The summed E-state index contributed by atoms with van der Waals surface area (Å²) < 4.78 is 31.5. The van der Waals surface area contributed by atoms with Crippen LogP contribution in [0.2, 0.25) is 0 Å². The molecule has 0 aliphatic carbocycles. The van der Waals surface area contributed by atoms with Gasteiger partial charge in [0.2, 0.25) is 10.0 Å². The molecule has 2 heterocycles. The predicted molar refractivity (Wildman–Crippen MR) is 149 cm³/mol. The van der Waals surface area contributed by atoms with Crippen LogP contribution in [0.4, 0.5) is 9.80 Å². The van der Waals surface area contributed by atoms with Crippen molar-refractivity contribution in [1.29, 1.82) is 10.8 Å². The van der Waals surface area contributed by atoms with Gasteiger partial charge in [-0.3, -0.25) is 19.8 Å². The van der Waals surface area contributed by atoms with Crippen molar-refractivity contribution in [2.45, 2.75) is 38.1 Å². The smallest absolute Gasteiger partial charge is 0.414 e. The Balaban J connectivity index is 1.88. The number of nitrogens with one attached hydrogen (secondary N) is 4. The molecule has 0 saturated heterocycles. The van der Waals surface area contributed by atoms with Crippen molar-refractivity contribution in [3.8, 4) is 0 Å². The Labute approximate surface area is 231 Å². The van der Waals surface area contributed by atoms with E-state index in [4.69, 9.17) is 15.6 Å². The van der Waals surface area contributed by atoms with Gasteiger partial charge in [0.25, 0.3) is 11.8 Å². The summed E-state index contributed by atoms with van der Waals surface area (Å²) in [7, 11) is -3.97. The summed E-state index contributed by atoms with van der Waals surface area (Å²) in [5.74, 6) is -1.21. The Morgan fingerprint density at radius 3 is 2.36 bits per heavy atom. The van der Waals surface area contributed by atoms with Crippen LogP contribution >= 0.6 is 11.3 Å². The number of carbonyl (C=O) groups excluding carboxylic acids is 3. The number of imide groups is 1. The normalized spacial score (nSPS) is 13.4. The Hall–Kier alpha value is -3.46. The topological polar surface area (TPSA) is 173 Å². The SMILES string of the molecule is CCCN1CCc2c(sc(NC(=O)c3ccc(S(=O)(=O)N(CC=N)CC=N)cc3)c2C(=O)NC(=O)OCC)C1. The number of nitrogens with zero attached hydrogens (tertiary/aromatic N) is 2. The Kier molecular flexibility index (Phi) is 10.5. The molecule has 2 aromatic rings. The third-order valence-corrected chi connectivity index (χ3v) is 8.94. The Morgan fingerprint density at radius 2 is 1.77 bits per heavy atom. The van der Waals surface area contributed by atoms with E-state index in [0.29, 0.717) is 18.0 Å². The minimum atomic E-state index is -3.97. The molecule has 210 valence electrons. The average Bonchev–Trinajstić information content (AvgIpc) is 3.26. The second kappa shape index (κ2) is 13.6. The third-order valence-electron chi connectivity index (χ3n) is 5.97. The quantitative estimate of drug-likeness (QED) is 0.281. The highest BCUT2D eigenvalue weighted by atomic mass is 32.2. The lowest BCUT2D eigenvalue weighted by molar-refractivity contribution is 0.0924. The number of anilines is 1. The molecule has 3 amide bonds. The standard InChI is InChI=1S/C25H32N6O6S2/c1-3-12-30-13-9-19-20(16-30)38-24(21(19)23(33)29-25(34)37-4-2)28-22(32)17-5-7-18(8-6-17)39(35,36)31(14-10-26)15-11-27/h5-8,10-11,26-27H,3-4,9,12-16H2,1-2H3,(H,28,32)(H,29,33,34). The first kappa shape index (κ1) is 30.1. The zero-order valence-corrected chi connectivity index (χ0v) is 23.4. The zero-order valence-electron chi connectivity index (χ0n) is 21.8. The van der Waals surface area contributed by atoms with Crippen molar-refractivity contribution in [3.63, 3.8) is 0 Å². The van der Waals surface area contributed by atoms with E-state index >= 15 is 0 Å². The zero-order chi connectivity index (χ0) is 28.6. The molecular formula is C25H32N6O6S2. The van der Waals surface area contributed by atoms with Crippen LogP contribution in [0.1, 0.15) is 51.4 Å². The van der Waals surface area contributed by atoms with Gasteiger partial charge in [0.15, 0.2) is 0 Å². The first-order chi connectivity index (χ1) is 18.7. The van der Waals surface area contributed by atoms with Crippen LogP contribution in [0.3, 0.4) is 0 Å². The third kappa shape index (κ3) is 7.15. The number of rotatable bonds is 12. The number of alkyl carbamates (subject to hydrolysis) is 1. The molecule has 0 spiro atoms. The first-order valence-corrected chi connectivity index (χ1v) is 14.7. The van der Waals surface area contributed by atoms with Crippen molar-refractivity contribution >= 4 is 56.7 Å². The van der Waals surface area contributed by atoms with E-state index in [0.717, 1.165) is 46.7 Å². The molecule has 1 aromatic heterocycles. The summed E-state index contributed by atoms with van der Waals surface area (Å²) in [4.78, 5) is 41.2. The molecule has 3 rings (SSSR count). The molecule has 12 nitrogen and oxygen atoms in total. The van der Waals surface area contributed by atoms with Crippen molar-refractivity contribution in [2.75, 3.05) is 38.1 Å². The molecule has 1 aliphatic heterocycles. The molecule has 4 N–H and O–H groups in total. The van der Waals surface area contributed by atoms with Gasteiger partial charge in [-0.2, -0.15) is 4.31 Å². The van der Waals surface area contributed by atoms with Gasteiger partial charge in [0, 0.05) is 49.0 Å². The molecule has 0 unspecified atom stereocenters. The molecule has 0 fully saturated rings. The Morgan fingerprint density at radius 1 is 1.10 bits per heavy atom. The molecule has 1 aliphatic rings. The number of benzene rings is 1. The van der Waals surface area contributed by atoms with Crippen molar-refractivity contribution in [3.05, 3.63) is 45.8 Å². The summed E-state index contributed by atoms with van der Waals surface area (Å²) in [6.45, 7) is 5.71. The Bertz CT molecular complexity index is 1330. The number of amides is 3. The number of thiophene rings is 1. The summed E-state index contributed by atoms with van der Waals surface area (Å²) in [6.07, 6.45) is 2.55. The fourth-order valence-electron chi connectivity index (χ4n) is 4.19. The van der Waals surface area contributed by atoms with Gasteiger partial charge in [-0.15, -0.1) is 11.3 Å². The monoisotopic (exact) mass is 576 g/mol. The highest BCUT2D eigenvalue weighted by Crippen LogP contribution is 2.37. The van der Waals surface area contributed by atoms with Crippen LogP contribution in [-0.2, 0) is 27.7 Å². The lowest BCUT2D eigenvalue weighted by Crippen LogP contribution is -2.34. The van der Waals surface area contributed by atoms with Crippen LogP contribution in [0.15, 0.2) is 29.2 Å². The van der Waals surface area contributed by atoms with Gasteiger partial charge >= 0.3 is 6.09 Å². The minimum absolute atomic E-state index is 0.0835. The van der Waals surface area contributed by atoms with Crippen molar-refractivity contribution in [1.82, 2.24) is 14.5 Å². The largest absolute Gasteiger partial charge is 0.450 e. The molecule has 14 heteroatoms. The van der Waals surface area contributed by atoms with Gasteiger partial charge in [-0.1, -0.05) is 6.92 Å². The van der Waals surface area contributed by atoms with Crippen LogP contribution < -0.4 is 10.6 Å². The first-order valence-electron chi connectivity index (χ1n) is 12.4. The maximum absolute atomic E-state index is 13.1. The number of fused-ring (bicyclic) bond motifs is 1. The van der Waals surface area contributed by atoms with Gasteiger partial charge in [0.1, 0.15) is 5.00 Å². The lowest BCUT2D eigenvalue weighted by Gasteiger charge is -2.26. The highest BCUT2D eigenvalue weighted by Gasteiger charge is 2.30. The van der Waals surface area contributed by atoms with Gasteiger partial charge in [-0.25, -0.2) is 13.2 Å². The number of hydrogen-bond acceptors (Lipinski definition) is 10. The summed E-state index contributed by atoms with van der Waals surface area (Å²) in [5, 5.41) is 19.7. The van der Waals surface area contributed by atoms with Crippen LogP contribution in [-0.4, -0.2) is 80.7 Å². The molecule has 0 atom stereocenters. The number of ether oxygens (including phenoxy) is 1. The molecule has 0 radical (unpaired) electrons. The van der Waals surface area contributed by atoms with E-state index in [2.05, 4.69) is 22.5 Å². The summed E-state index contributed by atoms with van der Waals surface area (Å²) in [5.41, 5.74) is 1.17. The van der Waals surface area contributed by atoms with E-state index in [1.54, 1.807) is 6.92 Å². The van der Waals surface area contributed by atoms with E-state index in [9.17, 15) is 22.8 Å². The molecule has 0 bridgehead atoms. The van der Waals surface area contributed by atoms with Gasteiger partial charge in [-0.05, 0) is 56.1 Å². The van der Waals surface area contributed by atoms with E-state index in [1.165, 1.54) is 35.6 Å². The molecule has 0 saturated carbocycles. The van der Waals surface area contributed by atoms with Crippen LogP contribution in [0, 0.1) is 10.8 Å². The predicted octanol–water partition coefficient (Wildman–Crippen LogP) is 2.94. The highest BCUT2D eigenvalue weighted by molar-refractivity contribution is 7.89. The number of carbonyl (C=O) groups is 3. The minimum Gasteiger partial charge on any atom is -0.450 e. The maximum Gasteiger partial charge on any atom is 0.414 e. The second-order valence-corrected chi connectivity index (χ2v) is 11.7. The fourth-order valence-corrected chi connectivity index (χ4v) is 6.79. The van der Waals surface area contributed by atoms with Gasteiger partial charge < -0.3 is 20.9 Å². The average molecular weight is 577 g/mol. The van der Waals surface area contributed by atoms with Crippen molar-refractivity contribution in [2.24, 2.45) is 0 Å². The van der Waals surface area contributed by atoms with Crippen LogP contribution in [0.25, 0.3) is 0 Å². The van der Waals surface area contributed by atoms with E-state index in [1.807, 2.05) is 0 Å². The molecule has 1 aromatic carbocycles. The van der Waals surface area contributed by atoms with E-state index in [-0.39, 0.29) is 35.7 Å². The van der Waals surface area contributed by atoms with Crippen LogP contribution in [0.5, 0.6) is 0 Å². The summed E-state index contributed by atoms with van der Waals surface area (Å²) in [6, 6.07) is 5.26. The number of hydrogen-bond donors (Lipinski definition) is 4. The summed E-state index contributed by atoms with van der Waals surface area (Å²) >= 11 is 1.27. The maximum atomic E-state index is 13.1.